The summed E-state index contributed by atoms with van der Waals surface area (Å²) in [5.74, 6) is 0.594. The molecule has 0 fully saturated rings. The number of nitrogens with zero attached hydrogens (tertiary/aromatic N) is 1. The Kier molecular flexibility index (Phi) is 3.57. The van der Waals surface area contributed by atoms with Gasteiger partial charge in [-0.2, -0.15) is 0 Å². The molecule has 0 radical (unpaired) electrons. The van der Waals surface area contributed by atoms with Crippen molar-refractivity contribution in [2.45, 2.75) is 6.92 Å². The summed E-state index contributed by atoms with van der Waals surface area (Å²) in [7, 11) is 1.60. The number of aryl methyl sites for hydroxylation is 1. The fourth-order valence-electron chi connectivity index (χ4n) is 1.57. The van der Waals surface area contributed by atoms with E-state index in [0.29, 0.717) is 5.56 Å². The molecule has 92 valence electrons. The largest absolute Gasteiger partial charge is 0.497 e. The first-order valence-corrected chi connectivity index (χ1v) is 5.56. The molecule has 0 aliphatic heterocycles. The Hall–Kier alpha value is -2.36. The standard InChI is InChI=1S/C14H14N2O2/c1-10-7-8-15-9-13(10)14(17)16-11-3-5-12(18-2)6-4-11/h3-9H,1-2H3,(H,16,17). The van der Waals surface area contributed by atoms with E-state index in [4.69, 9.17) is 4.74 Å². The van der Waals surface area contributed by atoms with Crippen LogP contribution < -0.4 is 10.1 Å². The zero-order valence-corrected chi connectivity index (χ0v) is 10.3. The Labute approximate surface area is 106 Å². The van der Waals surface area contributed by atoms with Gasteiger partial charge in [-0.25, -0.2) is 0 Å². The third-order valence-electron chi connectivity index (χ3n) is 2.63. The zero-order valence-electron chi connectivity index (χ0n) is 10.3. The number of ether oxygens (including phenoxy) is 1. The van der Waals surface area contributed by atoms with Gasteiger partial charge in [-0.05, 0) is 42.8 Å². The van der Waals surface area contributed by atoms with E-state index in [-0.39, 0.29) is 5.91 Å². The molecular formula is C14H14N2O2. The van der Waals surface area contributed by atoms with Gasteiger partial charge in [-0.1, -0.05) is 0 Å². The number of rotatable bonds is 3. The van der Waals surface area contributed by atoms with Crippen LogP contribution in [-0.4, -0.2) is 18.0 Å². The molecule has 4 nitrogen and oxygen atoms in total. The summed E-state index contributed by atoms with van der Waals surface area (Å²) in [5.41, 5.74) is 2.20. The SMILES string of the molecule is COc1ccc(NC(=O)c2cnccc2C)cc1. The van der Waals surface area contributed by atoms with Gasteiger partial charge in [-0.15, -0.1) is 0 Å². The molecule has 1 heterocycles. The summed E-state index contributed by atoms with van der Waals surface area (Å²) >= 11 is 0. The predicted molar refractivity (Wildman–Crippen MR) is 69.9 cm³/mol. The smallest absolute Gasteiger partial charge is 0.257 e. The van der Waals surface area contributed by atoms with Crippen molar-refractivity contribution in [1.29, 1.82) is 0 Å². The molecule has 18 heavy (non-hydrogen) atoms. The first kappa shape index (κ1) is 12.1. The number of carbonyl (C=O) groups is 1. The zero-order chi connectivity index (χ0) is 13.0. The van der Waals surface area contributed by atoms with Gasteiger partial charge in [0.15, 0.2) is 0 Å². The van der Waals surface area contributed by atoms with Crippen molar-refractivity contribution >= 4 is 11.6 Å². The fraction of sp³-hybridized carbons (Fsp3) is 0.143. The normalized spacial score (nSPS) is 9.89. The second-order valence-electron chi connectivity index (χ2n) is 3.87. The first-order valence-electron chi connectivity index (χ1n) is 5.56. The molecule has 0 atom stereocenters. The molecular weight excluding hydrogens is 228 g/mol. The molecule has 1 amide bonds. The number of hydrogen-bond acceptors (Lipinski definition) is 3. The second kappa shape index (κ2) is 5.31. The highest BCUT2D eigenvalue weighted by Crippen LogP contribution is 2.16. The number of methoxy groups -OCH3 is 1. The summed E-state index contributed by atoms with van der Waals surface area (Å²) in [6, 6.07) is 8.99. The lowest BCUT2D eigenvalue weighted by Crippen LogP contribution is -2.13. The van der Waals surface area contributed by atoms with E-state index in [2.05, 4.69) is 10.3 Å². The average Bonchev–Trinajstić information content (AvgIpc) is 2.40. The van der Waals surface area contributed by atoms with Crippen LogP contribution in [-0.2, 0) is 0 Å². The number of amides is 1. The van der Waals surface area contributed by atoms with Crippen LogP contribution in [0.25, 0.3) is 0 Å². The lowest BCUT2D eigenvalue weighted by Gasteiger charge is -2.07. The molecule has 0 bridgehead atoms. The lowest BCUT2D eigenvalue weighted by atomic mass is 10.1. The van der Waals surface area contributed by atoms with Crippen LogP contribution in [0.4, 0.5) is 5.69 Å². The molecule has 0 unspecified atom stereocenters. The maximum absolute atomic E-state index is 12.0. The minimum absolute atomic E-state index is 0.161. The van der Waals surface area contributed by atoms with Crippen molar-refractivity contribution in [1.82, 2.24) is 4.98 Å². The van der Waals surface area contributed by atoms with Gasteiger partial charge in [0.25, 0.3) is 5.91 Å². The van der Waals surface area contributed by atoms with Crippen molar-refractivity contribution in [3.63, 3.8) is 0 Å². The van der Waals surface area contributed by atoms with Gasteiger partial charge in [-0.3, -0.25) is 9.78 Å². The van der Waals surface area contributed by atoms with Gasteiger partial charge >= 0.3 is 0 Å². The topological polar surface area (TPSA) is 51.2 Å². The van der Waals surface area contributed by atoms with E-state index in [9.17, 15) is 4.79 Å². The average molecular weight is 242 g/mol. The number of carbonyl (C=O) groups excluding carboxylic acids is 1. The summed E-state index contributed by atoms with van der Waals surface area (Å²) in [6.45, 7) is 1.88. The molecule has 1 aromatic carbocycles. The number of pyridine rings is 1. The molecule has 0 saturated heterocycles. The molecule has 4 heteroatoms. The highest BCUT2D eigenvalue weighted by Gasteiger charge is 2.08. The molecule has 1 N–H and O–H groups in total. The minimum Gasteiger partial charge on any atom is -0.497 e. The Morgan fingerprint density at radius 1 is 1.22 bits per heavy atom. The lowest BCUT2D eigenvalue weighted by molar-refractivity contribution is 0.102. The minimum atomic E-state index is -0.161. The molecule has 0 aliphatic carbocycles. The fourth-order valence-corrected chi connectivity index (χ4v) is 1.57. The number of hydrogen-bond donors (Lipinski definition) is 1. The van der Waals surface area contributed by atoms with Crippen LogP contribution in [0.2, 0.25) is 0 Å². The van der Waals surface area contributed by atoms with Crippen molar-refractivity contribution in [2.24, 2.45) is 0 Å². The molecule has 0 saturated carbocycles. The molecule has 1 aromatic heterocycles. The van der Waals surface area contributed by atoms with Crippen LogP contribution in [0, 0.1) is 6.92 Å². The number of nitrogens with one attached hydrogen (secondary N) is 1. The number of benzene rings is 1. The van der Waals surface area contributed by atoms with Crippen LogP contribution in [0.1, 0.15) is 15.9 Å². The van der Waals surface area contributed by atoms with Crippen molar-refractivity contribution in [2.75, 3.05) is 12.4 Å². The van der Waals surface area contributed by atoms with Crippen LogP contribution >= 0.6 is 0 Å². The second-order valence-corrected chi connectivity index (χ2v) is 3.87. The third-order valence-corrected chi connectivity index (χ3v) is 2.63. The summed E-state index contributed by atoms with van der Waals surface area (Å²) in [6.07, 6.45) is 3.23. The van der Waals surface area contributed by atoms with Gasteiger partial charge in [0.2, 0.25) is 0 Å². The van der Waals surface area contributed by atoms with Crippen LogP contribution in [0.15, 0.2) is 42.7 Å². The Balaban J connectivity index is 2.14. The predicted octanol–water partition coefficient (Wildman–Crippen LogP) is 2.65. The van der Waals surface area contributed by atoms with Crippen LogP contribution in [0.5, 0.6) is 5.75 Å². The summed E-state index contributed by atoms with van der Waals surface area (Å²) in [4.78, 5) is 16.0. The highest BCUT2D eigenvalue weighted by atomic mass is 16.5. The first-order chi connectivity index (χ1) is 8.70. The molecule has 2 aromatic rings. The Morgan fingerprint density at radius 3 is 2.56 bits per heavy atom. The van der Waals surface area contributed by atoms with E-state index in [1.165, 1.54) is 0 Å². The van der Waals surface area contributed by atoms with E-state index < -0.39 is 0 Å². The summed E-state index contributed by atoms with van der Waals surface area (Å²) in [5, 5.41) is 2.82. The molecule has 0 spiro atoms. The maximum Gasteiger partial charge on any atom is 0.257 e. The van der Waals surface area contributed by atoms with E-state index in [1.54, 1.807) is 43.8 Å². The number of anilines is 1. The Morgan fingerprint density at radius 2 is 1.94 bits per heavy atom. The van der Waals surface area contributed by atoms with Gasteiger partial charge < -0.3 is 10.1 Å². The van der Waals surface area contributed by atoms with Crippen molar-refractivity contribution < 1.29 is 9.53 Å². The van der Waals surface area contributed by atoms with Crippen molar-refractivity contribution in [3.05, 3.63) is 53.9 Å². The van der Waals surface area contributed by atoms with E-state index in [0.717, 1.165) is 17.0 Å². The third kappa shape index (κ3) is 2.66. The summed E-state index contributed by atoms with van der Waals surface area (Å²) < 4.78 is 5.06. The number of aromatic nitrogens is 1. The van der Waals surface area contributed by atoms with Crippen LogP contribution in [0.3, 0.4) is 0 Å². The molecule has 2 rings (SSSR count). The molecule has 0 aliphatic rings. The Bertz CT molecular complexity index is 550. The highest BCUT2D eigenvalue weighted by molar-refractivity contribution is 6.05. The van der Waals surface area contributed by atoms with Gasteiger partial charge in [0, 0.05) is 18.1 Å². The van der Waals surface area contributed by atoms with Gasteiger partial charge in [0.05, 0.1) is 12.7 Å². The van der Waals surface area contributed by atoms with E-state index in [1.807, 2.05) is 13.0 Å². The quantitative estimate of drug-likeness (QED) is 0.900. The monoisotopic (exact) mass is 242 g/mol. The maximum atomic E-state index is 12.0. The van der Waals surface area contributed by atoms with Gasteiger partial charge in [0.1, 0.15) is 5.75 Å². The van der Waals surface area contributed by atoms with Crippen molar-refractivity contribution in [3.8, 4) is 5.75 Å². The van der Waals surface area contributed by atoms with E-state index >= 15 is 0 Å².